The summed E-state index contributed by atoms with van der Waals surface area (Å²) in [5.74, 6) is 5.87. The number of benzene rings is 2. The third kappa shape index (κ3) is 3.01. The molecule has 17 heavy (non-hydrogen) atoms. The van der Waals surface area contributed by atoms with Crippen LogP contribution in [0.25, 0.3) is 0 Å². The summed E-state index contributed by atoms with van der Waals surface area (Å²) in [6.45, 7) is 0. The van der Waals surface area contributed by atoms with Crippen LogP contribution in [0.4, 0.5) is 0 Å². The Morgan fingerprint density at radius 3 is 2.06 bits per heavy atom. The van der Waals surface area contributed by atoms with E-state index in [-0.39, 0.29) is 0 Å². The molecule has 2 rings (SSSR count). The zero-order valence-corrected chi connectivity index (χ0v) is 9.32. The molecule has 0 fully saturated rings. The molecule has 0 aliphatic rings. The first kappa shape index (κ1) is 11.1. The highest BCUT2D eigenvalue weighted by atomic mass is 15.2. The molecule has 0 aliphatic heterocycles. The van der Waals surface area contributed by atoms with E-state index >= 15 is 0 Å². The molecule has 84 valence electrons. The van der Waals surface area contributed by atoms with Crippen molar-refractivity contribution in [3.63, 3.8) is 0 Å². The van der Waals surface area contributed by atoms with Crippen molar-refractivity contribution >= 4 is 12.1 Å². The van der Waals surface area contributed by atoms with E-state index < -0.39 is 0 Å². The molecule has 0 unspecified atom stereocenters. The number of hydrogen-bond acceptors (Lipinski definition) is 2. The smallest absolute Gasteiger partial charge is 0.178 e. The van der Waals surface area contributed by atoms with Crippen molar-refractivity contribution in [2.75, 3.05) is 0 Å². The van der Waals surface area contributed by atoms with Gasteiger partial charge in [-0.2, -0.15) is 5.10 Å². The summed E-state index contributed by atoms with van der Waals surface area (Å²) < 4.78 is 0. The second-order valence-corrected chi connectivity index (χ2v) is 3.49. The largest absolute Gasteiger partial charge is 0.321 e. The van der Waals surface area contributed by atoms with Crippen LogP contribution in [0, 0.1) is 0 Å². The first-order valence-electron chi connectivity index (χ1n) is 5.32. The van der Waals surface area contributed by atoms with Gasteiger partial charge in [-0.05, 0) is 5.56 Å². The molecule has 0 aromatic heterocycles. The minimum Gasteiger partial charge on any atom is -0.321 e. The molecule has 0 aliphatic carbocycles. The fourth-order valence-corrected chi connectivity index (χ4v) is 1.44. The molecule has 0 radical (unpaired) electrons. The lowest BCUT2D eigenvalue weighted by Gasteiger charge is -1.98. The van der Waals surface area contributed by atoms with Gasteiger partial charge in [0, 0.05) is 11.8 Å². The Morgan fingerprint density at radius 1 is 0.882 bits per heavy atom. The van der Waals surface area contributed by atoms with Crippen LogP contribution in [-0.4, -0.2) is 12.1 Å². The Labute approximate surface area is 100 Å². The van der Waals surface area contributed by atoms with E-state index in [1.807, 2.05) is 60.7 Å². The molecule has 0 heterocycles. The first-order chi connectivity index (χ1) is 8.40. The quantitative estimate of drug-likeness (QED) is 0.361. The van der Waals surface area contributed by atoms with Gasteiger partial charge >= 0.3 is 0 Å². The van der Waals surface area contributed by atoms with E-state index in [4.69, 9.17) is 5.84 Å². The van der Waals surface area contributed by atoms with Crippen LogP contribution in [0.5, 0.6) is 0 Å². The lowest BCUT2D eigenvalue weighted by Crippen LogP contribution is -2.01. The van der Waals surface area contributed by atoms with Crippen molar-refractivity contribution < 1.29 is 0 Å². The number of hydrogen-bond donors (Lipinski definition) is 1. The maximum absolute atomic E-state index is 5.34. The van der Waals surface area contributed by atoms with E-state index in [1.54, 1.807) is 6.21 Å². The van der Waals surface area contributed by atoms with Gasteiger partial charge in [0.05, 0.1) is 0 Å². The van der Waals surface area contributed by atoms with Gasteiger partial charge in [0.25, 0.3) is 0 Å². The monoisotopic (exact) mass is 223 g/mol. The normalized spacial score (nSPS) is 11.9. The molecule has 3 nitrogen and oxygen atoms in total. The Balaban J connectivity index is 2.20. The first-order valence-corrected chi connectivity index (χ1v) is 5.32. The third-order valence-corrected chi connectivity index (χ3v) is 2.29. The Morgan fingerprint density at radius 2 is 1.47 bits per heavy atom. The average molecular weight is 223 g/mol. The Kier molecular flexibility index (Phi) is 3.65. The molecular weight excluding hydrogens is 210 g/mol. The predicted octanol–water partition coefficient (Wildman–Crippen LogP) is 2.43. The van der Waals surface area contributed by atoms with Crippen LogP contribution in [0.3, 0.4) is 0 Å². The van der Waals surface area contributed by atoms with Crippen molar-refractivity contribution in [1.29, 1.82) is 0 Å². The van der Waals surface area contributed by atoms with Gasteiger partial charge in [-0.1, -0.05) is 60.7 Å². The zero-order valence-electron chi connectivity index (χ0n) is 9.32. The molecule has 2 N–H and O–H groups in total. The zero-order chi connectivity index (χ0) is 11.9. The molecule has 2 aromatic rings. The van der Waals surface area contributed by atoms with Crippen molar-refractivity contribution in [2.45, 2.75) is 0 Å². The summed E-state index contributed by atoms with van der Waals surface area (Å²) in [6.07, 6.45) is 1.75. The molecule has 0 saturated heterocycles. The number of hydrazone groups is 1. The fourth-order valence-electron chi connectivity index (χ4n) is 1.44. The summed E-state index contributed by atoms with van der Waals surface area (Å²) in [6, 6.07) is 19.5. The molecule has 2 aromatic carbocycles. The van der Waals surface area contributed by atoms with Gasteiger partial charge in [0.15, 0.2) is 5.84 Å². The second-order valence-electron chi connectivity index (χ2n) is 3.49. The maximum Gasteiger partial charge on any atom is 0.178 e. The van der Waals surface area contributed by atoms with Crippen LogP contribution >= 0.6 is 0 Å². The Bertz CT molecular complexity index is 516. The average Bonchev–Trinajstić information content (AvgIpc) is 2.42. The van der Waals surface area contributed by atoms with Crippen molar-refractivity contribution in [2.24, 2.45) is 15.9 Å². The molecule has 0 saturated carbocycles. The van der Waals surface area contributed by atoms with Crippen LogP contribution in [0.1, 0.15) is 11.1 Å². The molecule has 3 heteroatoms. The summed E-state index contributed by atoms with van der Waals surface area (Å²) in [5.41, 5.74) is 1.92. The summed E-state index contributed by atoms with van der Waals surface area (Å²) in [7, 11) is 0. The number of nitrogens with zero attached hydrogens (tertiary/aromatic N) is 2. The van der Waals surface area contributed by atoms with E-state index in [0.29, 0.717) is 5.84 Å². The highest BCUT2D eigenvalue weighted by Crippen LogP contribution is 2.02. The number of aliphatic imine (C=N–C) groups is 1. The molecule has 0 atom stereocenters. The van der Waals surface area contributed by atoms with Gasteiger partial charge in [-0.25, -0.2) is 4.99 Å². The van der Waals surface area contributed by atoms with Gasteiger partial charge in [-0.15, -0.1) is 0 Å². The van der Waals surface area contributed by atoms with Crippen molar-refractivity contribution in [3.8, 4) is 0 Å². The van der Waals surface area contributed by atoms with E-state index in [0.717, 1.165) is 11.1 Å². The minimum absolute atomic E-state index is 0.523. The number of nitrogens with two attached hydrogens (primary N) is 1. The summed E-state index contributed by atoms with van der Waals surface area (Å²) in [4.78, 5) is 4.28. The topological polar surface area (TPSA) is 50.7 Å². The van der Waals surface area contributed by atoms with Crippen molar-refractivity contribution in [3.05, 3.63) is 71.8 Å². The lowest BCUT2D eigenvalue weighted by molar-refractivity contribution is 1.23. The van der Waals surface area contributed by atoms with E-state index in [1.165, 1.54) is 0 Å². The van der Waals surface area contributed by atoms with Crippen LogP contribution in [-0.2, 0) is 0 Å². The fraction of sp³-hybridized carbons (Fsp3) is 0. The number of rotatable bonds is 2. The maximum atomic E-state index is 5.34. The van der Waals surface area contributed by atoms with Crippen LogP contribution < -0.4 is 5.84 Å². The minimum atomic E-state index is 0.523. The summed E-state index contributed by atoms with van der Waals surface area (Å²) in [5, 5.41) is 3.69. The number of amidine groups is 1. The highest BCUT2D eigenvalue weighted by molar-refractivity contribution is 6.04. The van der Waals surface area contributed by atoms with Gasteiger partial charge < -0.3 is 5.84 Å². The van der Waals surface area contributed by atoms with Gasteiger partial charge in [0.2, 0.25) is 0 Å². The van der Waals surface area contributed by atoms with E-state index in [2.05, 4.69) is 10.1 Å². The van der Waals surface area contributed by atoms with Crippen LogP contribution in [0.2, 0.25) is 0 Å². The Hall–Kier alpha value is -2.42. The third-order valence-electron chi connectivity index (χ3n) is 2.29. The molecule has 0 spiro atoms. The van der Waals surface area contributed by atoms with E-state index in [9.17, 15) is 0 Å². The van der Waals surface area contributed by atoms with Gasteiger partial charge in [-0.3, -0.25) is 0 Å². The summed E-state index contributed by atoms with van der Waals surface area (Å²) >= 11 is 0. The molecule has 0 bridgehead atoms. The predicted molar refractivity (Wildman–Crippen MR) is 71.2 cm³/mol. The van der Waals surface area contributed by atoms with Gasteiger partial charge in [0.1, 0.15) is 0 Å². The highest BCUT2D eigenvalue weighted by Gasteiger charge is 1.98. The van der Waals surface area contributed by atoms with Crippen molar-refractivity contribution in [1.82, 2.24) is 0 Å². The second kappa shape index (κ2) is 5.61. The lowest BCUT2D eigenvalue weighted by atomic mass is 10.2. The van der Waals surface area contributed by atoms with Crippen LogP contribution in [0.15, 0.2) is 70.8 Å². The standard InChI is InChI=1S/C14H13N3/c15-17-14(13-9-5-2-6-10-13)16-11-12-7-3-1-4-8-12/h1-11H,15H2/b16-11?,17-14-. The molecule has 0 amide bonds. The SMILES string of the molecule is N/N=C(\N=Cc1ccccc1)c1ccccc1. The molecular formula is C14H13N3.